The molecule has 5 aliphatic carbocycles. The van der Waals surface area contributed by atoms with Crippen LogP contribution in [-0.4, -0.2) is 0 Å². The number of hydrogen-bond acceptors (Lipinski definition) is 0. The van der Waals surface area contributed by atoms with Gasteiger partial charge >= 0.3 is 327 Å². The van der Waals surface area contributed by atoms with Crippen LogP contribution in [0.25, 0.3) is 34.4 Å². The summed E-state index contributed by atoms with van der Waals surface area (Å²) in [6.45, 7) is 9.27. The van der Waals surface area contributed by atoms with Gasteiger partial charge in [0, 0.05) is 0 Å². The Morgan fingerprint density at radius 3 is 1.18 bits per heavy atom. The van der Waals surface area contributed by atoms with E-state index in [0.29, 0.717) is 11.8 Å². The van der Waals surface area contributed by atoms with Gasteiger partial charge in [0.2, 0.25) is 0 Å². The summed E-state index contributed by atoms with van der Waals surface area (Å²) in [5, 5.41) is 0. The molecule has 55 heavy (non-hydrogen) atoms. The normalized spacial score (nSPS) is 25.8. The van der Waals surface area contributed by atoms with Gasteiger partial charge < -0.3 is 24.8 Å². The summed E-state index contributed by atoms with van der Waals surface area (Å²) in [5.41, 5.74) is 19.3. The minimum Gasteiger partial charge on any atom is -1.00 e. The zero-order valence-electron chi connectivity index (χ0n) is 33.6. The first-order valence-corrected chi connectivity index (χ1v) is 27.5. The Labute approximate surface area is 349 Å². The summed E-state index contributed by atoms with van der Waals surface area (Å²) >= 11 is -3.13. The zero-order valence-corrected chi connectivity index (χ0v) is 37.6. The van der Waals surface area contributed by atoms with E-state index >= 15 is 0 Å². The molecule has 1 saturated heterocycles. The molecule has 0 amide bonds. The molecule has 6 aliphatic rings. The van der Waals surface area contributed by atoms with Crippen LogP contribution in [0.15, 0.2) is 96.1 Å². The molecule has 286 valence electrons. The number of hydrogen-bond donors (Lipinski definition) is 0. The third kappa shape index (κ3) is 6.49. The van der Waals surface area contributed by atoms with Crippen LogP contribution in [-0.2, 0) is 20.3 Å². The molecule has 4 atom stereocenters. The van der Waals surface area contributed by atoms with Crippen LogP contribution in [0.3, 0.4) is 0 Å². The molecule has 0 spiro atoms. The monoisotopic (exact) mass is 844 g/mol. The Hall–Kier alpha value is -2.18. The van der Waals surface area contributed by atoms with E-state index in [1.165, 1.54) is 110 Å². The summed E-state index contributed by atoms with van der Waals surface area (Å²) in [5.74, 6) is 2.69. The SMILES string of the molecule is CC(C)c1ccc(-c2cccc3c2C=C(C2CCCC2)[CH]3[Zr+2]2([CH]3C(C4CCCC4)=Cc4c(-c5ccc(C(C)C)cc5)cccc43)[CH]3CCCC[CH]32)cc1.[Cl-].[Cl-]. The van der Waals surface area contributed by atoms with E-state index in [1.807, 2.05) is 11.1 Å². The second-order valence-corrected chi connectivity index (χ2v) is 30.2. The minimum absolute atomic E-state index is 0. The van der Waals surface area contributed by atoms with Gasteiger partial charge in [0.25, 0.3) is 0 Å². The van der Waals surface area contributed by atoms with E-state index in [0.717, 1.165) is 26.3 Å². The molecule has 0 bridgehead atoms. The van der Waals surface area contributed by atoms with Crippen molar-refractivity contribution in [2.45, 2.75) is 131 Å². The maximum absolute atomic E-state index is 3.13. The molecule has 4 aromatic carbocycles. The second-order valence-electron chi connectivity index (χ2n) is 18.8. The zero-order chi connectivity index (χ0) is 35.8. The smallest absolute Gasteiger partial charge is 1.00 e. The summed E-state index contributed by atoms with van der Waals surface area (Å²) in [6, 6.07) is 34.4. The largest absolute Gasteiger partial charge is 1.00 e. The van der Waals surface area contributed by atoms with E-state index < -0.39 is 20.3 Å². The van der Waals surface area contributed by atoms with Gasteiger partial charge in [0.1, 0.15) is 0 Å². The number of benzene rings is 4. The molecule has 4 aromatic rings. The van der Waals surface area contributed by atoms with E-state index in [4.69, 9.17) is 0 Å². The summed E-state index contributed by atoms with van der Waals surface area (Å²) in [7, 11) is 0. The Morgan fingerprint density at radius 2 is 0.818 bits per heavy atom. The van der Waals surface area contributed by atoms with Crippen LogP contribution < -0.4 is 24.8 Å². The topological polar surface area (TPSA) is 0 Å². The predicted octanol–water partition coefficient (Wildman–Crippen LogP) is 9.55. The van der Waals surface area contributed by atoms with Gasteiger partial charge in [0.15, 0.2) is 0 Å². The molecule has 3 heteroatoms. The Balaban J connectivity index is 0.00000214. The van der Waals surface area contributed by atoms with Crippen molar-refractivity contribution < 1.29 is 45.1 Å². The summed E-state index contributed by atoms with van der Waals surface area (Å²) in [6.07, 6.45) is 23.0. The van der Waals surface area contributed by atoms with Gasteiger partial charge in [-0.3, -0.25) is 0 Å². The van der Waals surface area contributed by atoms with Gasteiger partial charge in [-0.1, -0.05) is 0 Å². The van der Waals surface area contributed by atoms with Gasteiger partial charge in [0.05, 0.1) is 0 Å². The first-order valence-electron chi connectivity index (χ1n) is 21.8. The van der Waals surface area contributed by atoms with Crippen molar-refractivity contribution in [3.8, 4) is 22.3 Å². The van der Waals surface area contributed by atoms with Crippen LogP contribution in [0.5, 0.6) is 0 Å². The molecule has 4 unspecified atom stereocenters. The number of halogens is 2. The molecule has 1 aliphatic heterocycles. The minimum atomic E-state index is -3.13. The third-order valence-corrected chi connectivity index (χ3v) is 32.4. The van der Waals surface area contributed by atoms with Crippen LogP contribution >= 0.6 is 0 Å². The first kappa shape index (κ1) is 39.6. The number of allylic oxidation sites excluding steroid dienone is 2. The Bertz CT molecular complexity index is 1920. The standard InChI is InChI=1S/2C23H25.C6H10.2ClH.Zr/c2*1-16(2)17-10-12-19(13-11-17)22-9-5-8-20-14-21(15-23(20)22)18-6-3-4-7-18;1-2-4-6-5-3-1;;;/h2*5,8-16,18H,3-4,6-7H2,1-2H3;1-2H,3-6H2;2*1H;/q;;;;;+2/p-2. The van der Waals surface area contributed by atoms with Crippen molar-refractivity contribution in [3.63, 3.8) is 0 Å². The summed E-state index contributed by atoms with van der Waals surface area (Å²) < 4.78 is 3.53. The molecule has 0 N–H and O–H groups in total. The Kier molecular flexibility index (Phi) is 11.4. The van der Waals surface area contributed by atoms with Gasteiger partial charge in [-0.2, -0.15) is 0 Å². The van der Waals surface area contributed by atoms with Crippen molar-refractivity contribution in [3.05, 3.63) is 129 Å². The maximum Gasteiger partial charge on any atom is -1.00 e. The molecule has 0 radical (unpaired) electrons. The van der Waals surface area contributed by atoms with Crippen molar-refractivity contribution in [2.75, 3.05) is 0 Å². The second kappa shape index (κ2) is 15.9. The predicted molar refractivity (Wildman–Crippen MR) is 223 cm³/mol. The van der Waals surface area contributed by atoms with E-state index in [-0.39, 0.29) is 24.8 Å². The van der Waals surface area contributed by atoms with Crippen LogP contribution in [0, 0.1) is 11.8 Å². The average molecular weight is 847 g/mol. The third-order valence-electron chi connectivity index (χ3n) is 15.6. The fourth-order valence-corrected chi connectivity index (χ4v) is 36.3. The van der Waals surface area contributed by atoms with E-state index in [2.05, 4.69) is 125 Å². The van der Waals surface area contributed by atoms with Gasteiger partial charge in [-0.15, -0.1) is 0 Å². The van der Waals surface area contributed by atoms with Crippen molar-refractivity contribution >= 4 is 12.2 Å². The first-order chi connectivity index (χ1) is 25.9. The van der Waals surface area contributed by atoms with Crippen molar-refractivity contribution in [2.24, 2.45) is 11.8 Å². The number of fused-ring (bicyclic) bond motifs is 3. The molecule has 0 nitrogen and oxygen atoms in total. The molecular formula is C52H60Cl2Zr. The molecule has 4 fully saturated rings. The fourth-order valence-electron chi connectivity index (χ4n) is 13.0. The van der Waals surface area contributed by atoms with E-state index in [9.17, 15) is 0 Å². The van der Waals surface area contributed by atoms with Crippen LogP contribution in [0.2, 0.25) is 7.25 Å². The summed E-state index contributed by atoms with van der Waals surface area (Å²) in [4.78, 5) is 0. The average Bonchev–Trinajstić information content (AvgIpc) is 3.86. The van der Waals surface area contributed by atoms with E-state index in [1.54, 1.807) is 22.3 Å². The molecule has 1 heterocycles. The van der Waals surface area contributed by atoms with Gasteiger partial charge in [-0.05, 0) is 0 Å². The fraction of sp³-hybridized carbons (Fsp3) is 0.462. The maximum atomic E-state index is 2.84. The molecule has 0 aromatic heterocycles. The van der Waals surface area contributed by atoms with Crippen LogP contribution in [0.4, 0.5) is 0 Å². The molecular weight excluding hydrogens is 787 g/mol. The number of rotatable bonds is 8. The van der Waals surface area contributed by atoms with Gasteiger partial charge in [-0.25, -0.2) is 0 Å². The molecule has 3 saturated carbocycles. The molecule has 10 rings (SSSR count). The quantitative estimate of drug-likeness (QED) is 0.166. The Morgan fingerprint density at radius 1 is 0.455 bits per heavy atom. The van der Waals surface area contributed by atoms with Crippen LogP contribution in [0.1, 0.15) is 157 Å². The van der Waals surface area contributed by atoms with Crippen molar-refractivity contribution in [1.82, 2.24) is 0 Å². The van der Waals surface area contributed by atoms with Crippen molar-refractivity contribution in [1.29, 1.82) is 0 Å².